The second-order valence-corrected chi connectivity index (χ2v) is 7.94. The molecule has 28 heavy (non-hydrogen) atoms. The first-order valence-corrected chi connectivity index (χ1v) is 10.5. The minimum atomic E-state index is -0.822. The smallest absolute Gasteiger partial charge is 0.256 e. The predicted molar refractivity (Wildman–Crippen MR) is 117 cm³/mol. The van der Waals surface area contributed by atoms with Crippen LogP contribution in [0.2, 0.25) is 0 Å². The highest BCUT2D eigenvalue weighted by Gasteiger charge is 2.33. The molecule has 0 aromatic heterocycles. The first-order valence-electron chi connectivity index (χ1n) is 10.5. The molecule has 0 unspecified atom stereocenters. The molecule has 0 aliphatic carbocycles. The summed E-state index contributed by atoms with van der Waals surface area (Å²) in [5.74, 6) is 1.21. The molecule has 1 atom stereocenters. The molecule has 154 valence electrons. The number of rotatable bonds is 11. The summed E-state index contributed by atoms with van der Waals surface area (Å²) >= 11 is 0. The van der Waals surface area contributed by atoms with Gasteiger partial charge in [0.05, 0.1) is 6.61 Å². The van der Waals surface area contributed by atoms with Gasteiger partial charge in [0.15, 0.2) is 0 Å². The third kappa shape index (κ3) is 5.71. The van der Waals surface area contributed by atoms with Crippen LogP contribution in [0.4, 0.5) is 5.69 Å². The van der Waals surface area contributed by atoms with Gasteiger partial charge >= 0.3 is 0 Å². The number of amides is 1. The van der Waals surface area contributed by atoms with Crippen molar-refractivity contribution in [1.82, 2.24) is 0 Å². The second kappa shape index (κ2) is 10.5. The Hall–Kier alpha value is -2.07. The number of benzene rings is 2. The van der Waals surface area contributed by atoms with E-state index in [1.54, 1.807) is 0 Å². The third-order valence-corrected chi connectivity index (χ3v) is 4.91. The van der Waals surface area contributed by atoms with Crippen molar-refractivity contribution in [2.45, 2.75) is 65.9 Å². The summed E-state index contributed by atoms with van der Waals surface area (Å²) in [5, 5.41) is 5.09. The van der Waals surface area contributed by atoms with Gasteiger partial charge in [-0.15, -0.1) is 0 Å². The summed E-state index contributed by atoms with van der Waals surface area (Å²) in [6.07, 6.45) is 3.91. The van der Waals surface area contributed by atoms with Crippen molar-refractivity contribution in [2.75, 3.05) is 18.5 Å². The van der Waals surface area contributed by atoms with Crippen LogP contribution in [0.1, 0.15) is 60.3 Å². The van der Waals surface area contributed by atoms with E-state index >= 15 is 0 Å². The minimum absolute atomic E-state index is 0.0912. The van der Waals surface area contributed by atoms with Gasteiger partial charge in [-0.05, 0) is 38.3 Å². The molecule has 0 saturated carbocycles. The zero-order chi connectivity index (χ0) is 20.6. The number of hydrogen-bond acceptors (Lipinski definition) is 3. The normalized spacial score (nSPS) is 13.5. The van der Waals surface area contributed by atoms with Gasteiger partial charge in [-0.3, -0.25) is 4.79 Å². The summed E-state index contributed by atoms with van der Waals surface area (Å²) < 4.78 is 11.8. The standard InChI is InChI=1S/C24H35NO3/c1-6-8-11-16-24(5,28-7-2)23(26)25-21-14-15-22(27-17-18(3)4)20-13-10-9-12-19(20)21/h9-10,12-15,18H,6-8,11,16-17H2,1-5H3,(H,25,26)/t24-/m1/s1. The molecule has 1 amide bonds. The number of ether oxygens (including phenoxy) is 2. The van der Waals surface area contributed by atoms with Crippen molar-refractivity contribution in [2.24, 2.45) is 5.92 Å². The fourth-order valence-electron chi connectivity index (χ4n) is 3.30. The van der Waals surface area contributed by atoms with Crippen molar-refractivity contribution in [3.05, 3.63) is 36.4 Å². The van der Waals surface area contributed by atoms with Crippen LogP contribution in [0.3, 0.4) is 0 Å². The van der Waals surface area contributed by atoms with Crippen molar-refractivity contribution in [3.8, 4) is 5.75 Å². The molecule has 1 N–H and O–H groups in total. The molecule has 4 heteroatoms. The maximum absolute atomic E-state index is 13.1. The zero-order valence-electron chi connectivity index (χ0n) is 18.0. The van der Waals surface area contributed by atoms with Crippen LogP contribution >= 0.6 is 0 Å². The average molecular weight is 386 g/mol. The molecule has 4 nitrogen and oxygen atoms in total. The topological polar surface area (TPSA) is 47.6 Å². The maximum atomic E-state index is 13.1. The molecule has 2 rings (SSSR count). The highest BCUT2D eigenvalue weighted by molar-refractivity contribution is 6.06. The Labute approximate surface area is 169 Å². The minimum Gasteiger partial charge on any atom is -0.493 e. The van der Waals surface area contributed by atoms with Crippen LogP contribution in [0.15, 0.2) is 36.4 Å². The molecule has 0 heterocycles. The van der Waals surface area contributed by atoms with E-state index < -0.39 is 5.60 Å². The average Bonchev–Trinajstić information content (AvgIpc) is 2.67. The van der Waals surface area contributed by atoms with Crippen molar-refractivity contribution < 1.29 is 14.3 Å². The van der Waals surface area contributed by atoms with Crippen molar-refractivity contribution in [3.63, 3.8) is 0 Å². The van der Waals surface area contributed by atoms with Crippen LogP contribution in [-0.4, -0.2) is 24.7 Å². The molecular weight excluding hydrogens is 350 g/mol. The summed E-state index contributed by atoms with van der Waals surface area (Å²) in [4.78, 5) is 13.1. The number of carbonyl (C=O) groups is 1. The lowest BCUT2D eigenvalue weighted by atomic mass is 9.96. The lowest BCUT2D eigenvalue weighted by Crippen LogP contribution is -2.42. The number of nitrogens with one attached hydrogen (secondary N) is 1. The van der Waals surface area contributed by atoms with Gasteiger partial charge in [-0.1, -0.05) is 64.3 Å². The Kier molecular flexibility index (Phi) is 8.31. The van der Waals surface area contributed by atoms with Crippen LogP contribution in [0, 0.1) is 5.92 Å². The Balaban J connectivity index is 2.27. The highest BCUT2D eigenvalue weighted by Crippen LogP contribution is 2.33. The van der Waals surface area contributed by atoms with E-state index in [2.05, 4.69) is 26.1 Å². The molecule has 0 spiro atoms. The van der Waals surface area contributed by atoms with Crippen LogP contribution in [0.5, 0.6) is 5.75 Å². The quantitative estimate of drug-likeness (QED) is 0.469. The summed E-state index contributed by atoms with van der Waals surface area (Å²) in [5.41, 5.74) is -0.0309. The molecule has 0 bridgehead atoms. The van der Waals surface area contributed by atoms with E-state index in [4.69, 9.17) is 9.47 Å². The van der Waals surface area contributed by atoms with E-state index in [0.717, 1.165) is 41.5 Å². The molecule has 0 aliphatic rings. The lowest BCUT2D eigenvalue weighted by Gasteiger charge is -2.28. The number of anilines is 1. The highest BCUT2D eigenvalue weighted by atomic mass is 16.5. The molecule has 0 fully saturated rings. The van der Waals surface area contributed by atoms with E-state index in [-0.39, 0.29) is 5.91 Å². The number of fused-ring (bicyclic) bond motifs is 1. The van der Waals surface area contributed by atoms with E-state index in [9.17, 15) is 4.79 Å². The van der Waals surface area contributed by atoms with Crippen molar-refractivity contribution in [1.29, 1.82) is 0 Å². The Morgan fingerprint density at radius 2 is 1.79 bits per heavy atom. The van der Waals surface area contributed by atoms with Gasteiger partial charge in [0, 0.05) is 23.1 Å². The van der Waals surface area contributed by atoms with Gasteiger partial charge in [-0.25, -0.2) is 0 Å². The lowest BCUT2D eigenvalue weighted by molar-refractivity contribution is -0.139. The van der Waals surface area contributed by atoms with E-state index in [0.29, 0.717) is 25.6 Å². The summed E-state index contributed by atoms with van der Waals surface area (Å²) in [6.45, 7) is 11.4. The number of unbranched alkanes of at least 4 members (excludes halogenated alkanes) is 2. The maximum Gasteiger partial charge on any atom is 0.256 e. The molecule has 0 aliphatic heterocycles. The predicted octanol–water partition coefficient (Wildman–Crippen LogP) is 6.19. The molecule has 2 aromatic carbocycles. The summed E-state index contributed by atoms with van der Waals surface area (Å²) in [7, 11) is 0. The Morgan fingerprint density at radius 3 is 2.43 bits per heavy atom. The van der Waals surface area contributed by atoms with Gasteiger partial charge < -0.3 is 14.8 Å². The SMILES string of the molecule is CCCCC[C@@](C)(OCC)C(=O)Nc1ccc(OCC(C)C)c2ccccc12. The zero-order valence-corrected chi connectivity index (χ0v) is 18.0. The van der Waals surface area contributed by atoms with Crippen LogP contribution in [0.25, 0.3) is 10.8 Å². The largest absolute Gasteiger partial charge is 0.493 e. The Morgan fingerprint density at radius 1 is 1.07 bits per heavy atom. The fraction of sp³-hybridized carbons (Fsp3) is 0.542. The van der Waals surface area contributed by atoms with E-state index in [1.165, 1.54) is 0 Å². The first kappa shape index (κ1) is 22.2. The number of carbonyl (C=O) groups excluding carboxylic acids is 1. The fourth-order valence-corrected chi connectivity index (χ4v) is 3.30. The second-order valence-electron chi connectivity index (χ2n) is 7.94. The van der Waals surface area contributed by atoms with Gasteiger partial charge in [0.25, 0.3) is 5.91 Å². The van der Waals surface area contributed by atoms with Crippen LogP contribution in [-0.2, 0) is 9.53 Å². The van der Waals surface area contributed by atoms with Crippen LogP contribution < -0.4 is 10.1 Å². The Bertz CT molecular complexity index is 772. The number of hydrogen-bond donors (Lipinski definition) is 1. The third-order valence-electron chi connectivity index (χ3n) is 4.91. The van der Waals surface area contributed by atoms with Gasteiger partial charge in [0.2, 0.25) is 0 Å². The molecular formula is C24H35NO3. The first-order chi connectivity index (χ1) is 13.4. The molecule has 0 radical (unpaired) electrons. The van der Waals surface area contributed by atoms with Crippen molar-refractivity contribution >= 4 is 22.4 Å². The monoisotopic (exact) mass is 385 g/mol. The molecule has 0 saturated heterocycles. The van der Waals surface area contributed by atoms with Gasteiger partial charge in [0.1, 0.15) is 11.4 Å². The van der Waals surface area contributed by atoms with Gasteiger partial charge in [-0.2, -0.15) is 0 Å². The molecule has 2 aromatic rings. The van der Waals surface area contributed by atoms with E-state index in [1.807, 2.05) is 50.2 Å². The summed E-state index contributed by atoms with van der Waals surface area (Å²) in [6, 6.07) is 11.9.